The van der Waals surface area contributed by atoms with Crippen LogP contribution in [0, 0.1) is 0 Å². The predicted molar refractivity (Wildman–Crippen MR) is 157 cm³/mol. The summed E-state index contributed by atoms with van der Waals surface area (Å²) < 4.78 is 56.7. The highest BCUT2D eigenvalue weighted by molar-refractivity contribution is 7.22. The number of benzene rings is 2. The third-order valence-corrected chi connectivity index (χ3v) is 9.58. The first kappa shape index (κ1) is 29.5. The van der Waals surface area contributed by atoms with E-state index >= 15 is 0 Å². The predicted octanol–water partition coefficient (Wildman–Crippen LogP) is 6.26. The van der Waals surface area contributed by atoms with Crippen LogP contribution in [0.1, 0.15) is 66.1 Å². The number of ether oxygens (including phenoxy) is 2. The number of alkyl halides is 3. The number of nitrogens with one attached hydrogen (secondary N) is 1. The number of para-hydroxylation sites is 1. The number of aromatic nitrogens is 2. The molecule has 1 unspecified atom stereocenters. The second-order valence-corrected chi connectivity index (χ2v) is 12.7. The molecule has 1 aliphatic carbocycles. The topological polar surface area (TPSA) is 127 Å². The van der Waals surface area contributed by atoms with Gasteiger partial charge in [-0.2, -0.15) is 0 Å². The molecule has 2 aromatic heterocycles. The summed E-state index contributed by atoms with van der Waals surface area (Å²) in [5.74, 6) is -1.06. The Bertz CT molecular complexity index is 1740. The molecular formula is C31H29F3N4O6S. The molecule has 2 aliphatic heterocycles. The standard InChI is InChI=1S/C31H29F3N4O6S/c32-31(33,34)43-24-4-2-1-3-21(24)27-22(28(44-37-27)16-5-6-16)15-42-20-12-18-8-9-19(13-20)38(18)30-36-23-10-7-17(11-25(23)45-30)29(41)35-14-26(39)40/h1-4,7,10-11,16,18-20H,5-6,8-9,12-15H2,(H,35,41)(H,39,40)/t18-,19+,20?. The number of anilines is 1. The minimum absolute atomic E-state index is 0.0610. The molecule has 0 spiro atoms. The molecule has 45 heavy (non-hydrogen) atoms. The summed E-state index contributed by atoms with van der Waals surface area (Å²) in [6.45, 7) is -0.283. The Morgan fingerprint density at radius 2 is 1.84 bits per heavy atom. The third-order valence-electron chi connectivity index (χ3n) is 8.55. The van der Waals surface area contributed by atoms with E-state index < -0.39 is 24.8 Å². The summed E-state index contributed by atoms with van der Waals surface area (Å²) in [6.07, 6.45) is 0.461. The first-order chi connectivity index (χ1) is 21.6. The van der Waals surface area contributed by atoms with Crippen LogP contribution in [0.25, 0.3) is 21.5 Å². The first-order valence-electron chi connectivity index (χ1n) is 14.8. The van der Waals surface area contributed by atoms with Gasteiger partial charge in [-0.15, -0.1) is 13.2 Å². The van der Waals surface area contributed by atoms with Crippen LogP contribution in [0.3, 0.4) is 0 Å². The molecule has 2 bridgehead atoms. The highest BCUT2D eigenvalue weighted by Crippen LogP contribution is 2.47. The van der Waals surface area contributed by atoms with Crippen molar-refractivity contribution in [3.8, 4) is 17.0 Å². The highest BCUT2D eigenvalue weighted by Gasteiger charge is 2.43. The molecule has 4 heterocycles. The number of hydrogen-bond acceptors (Lipinski definition) is 9. The van der Waals surface area contributed by atoms with Crippen molar-refractivity contribution in [1.29, 1.82) is 0 Å². The molecule has 3 fully saturated rings. The average Bonchev–Trinajstić information content (AvgIpc) is 3.52. The zero-order valence-corrected chi connectivity index (χ0v) is 24.7. The number of carboxylic acid groups (broad SMARTS) is 1. The van der Waals surface area contributed by atoms with Gasteiger partial charge in [0.2, 0.25) is 0 Å². The van der Waals surface area contributed by atoms with Gasteiger partial charge in [0.25, 0.3) is 5.91 Å². The van der Waals surface area contributed by atoms with E-state index in [2.05, 4.69) is 20.1 Å². The van der Waals surface area contributed by atoms with Crippen LogP contribution in [0.4, 0.5) is 18.3 Å². The fourth-order valence-corrected chi connectivity index (χ4v) is 7.56. The van der Waals surface area contributed by atoms with Crippen molar-refractivity contribution in [2.75, 3.05) is 11.4 Å². The van der Waals surface area contributed by atoms with Crippen molar-refractivity contribution < 1.29 is 41.9 Å². The van der Waals surface area contributed by atoms with Crippen LogP contribution in [0.15, 0.2) is 47.0 Å². The van der Waals surface area contributed by atoms with Gasteiger partial charge in [-0.1, -0.05) is 28.6 Å². The maximum Gasteiger partial charge on any atom is 0.573 e. The van der Waals surface area contributed by atoms with E-state index in [0.29, 0.717) is 22.6 Å². The Hall–Kier alpha value is -4.17. The van der Waals surface area contributed by atoms with Crippen LogP contribution in [-0.2, 0) is 16.1 Å². The Morgan fingerprint density at radius 3 is 2.56 bits per heavy atom. The van der Waals surface area contributed by atoms with E-state index in [0.717, 1.165) is 53.9 Å². The van der Waals surface area contributed by atoms with Crippen LogP contribution < -0.4 is 15.0 Å². The molecule has 2 aromatic carbocycles. The van der Waals surface area contributed by atoms with Gasteiger partial charge in [-0.05, 0) is 68.9 Å². The number of hydrogen-bond donors (Lipinski definition) is 2. The Kier molecular flexibility index (Phi) is 7.64. The molecule has 3 atom stereocenters. The number of thiazole rings is 1. The first-order valence-corrected chi connectivity index (χ1v) is 15.6. The number of carboxylic acids is 1. The largest absolute Gasteiger partial charge is 0.573 e. The van der Waals surface area contributed by atoms with Gasteiger partial charge in [-0.3, -0.25) is 9.59 Å². The van der Waals surface area contributed by atoms with Crippen molar-refractivity contribution in [3.05, 3.63) is 59.4 Å². The molecule has 4 aromatic rings. The second-order valence-electron chi connectivity index (χ2n) is 11.6. The SMILES string of the molecule is O=C(O)CNC(=O)c1ccc2nc(N3[C@@H]4CC[C@H]3CC(OCc3c(-c5ccccc5OC(F)(F)F)noc3C3CC3)C4)sc2c1. The average molecular weight is 643 g/mol. The minimum atomic E-state index is -4.84. The lowest BCUT2D eigenvalue weighted by Gasteiger charge is -2.38. The Labute approximate surface area is 259 Å². The van der Waals surface area contributed by atoms with Gasteiger partial charge in [0.1, 0.15) is 23.7 Å². The van der Waals surface area contributed by atoms with Gasteiger partial charge in [0.05, 0.1) is 22.9 Å². The van der Waals surface area contributed by atoms with Gasteiger partial charge in [0, 0.05) is 34.7 Å². The summed E-state index contributed by atoms with van der Waals surface area (Å²) in [5.41, 5.74) is 2.32. The van der Waals surface area contributed by atoms with E-state index in [1.54, 1.807) is 30.3 Å². The smallest absolute Gasteiger partial charge is 0.480 e. The number of fused-ring (bicyclic) bond motifs is 3. The summed E-state index contributed by atoms with van der Waals surface area (Å²) in [6, 6.07) is 11.5. The lowest BCUT2D eigenvalue weighted by Crippen LogP contribution is -2.45. The summed E-state index contributed by atoms with van der Waals surface area (Å²) in [4.78, 5) is 30.4. The van der Waals surface area contributed by atoms with Gasteiger partial charge < -0.3 is 29.3 Å². The Morgan fingerprint density at radius 1 is 1.09 bits per heavy atom. The van der Waals surface area contributed by atoms with Crippen LogP contribution in [0.2, 0.25) is 0 Å². The highest BCUT2D eigenvalue weighted by atomic mass is 32.1. The Balaban J connectivity index is 1.06. The van der Waals surface area contributed by atoms with E-state index in [-0.39, 0.29) is 42.0 Å². The number of halogens is 3. The molecule has 7 rings (SSSR count). The second kappa shape index (κ2) is 11.6. The summed E-state index contributed by atoms with van der Waals surface area (Å²) in [7, 11) is 0. The number of rotatable bonds is 10. The molecule has 2 saturated heterocycles. The third kappa shape index (κ3) is 6.21. The van der Waals surface area contributed by atoms with Crippen molar-refractivity contribution >= 4 is 38.6 Å². The monoisotopic (exact) mass is 642 g/mol. The summed E-state index contributed by atoms with van der Waals surface area (Å²) >= 11 is 1.50. The van der Waals surface area contributed by atoms with Crippen molar-refractivity contribution in [2.45, 2.75) is 75.6 Å². The normalized spacial score (nSPS) is 21.3. The minimum Gasteiger partial charge on any atom is -0.480 e. The zero-order valence-electron chi connectivity index (χ0n) is 23.9. The lowest BCUT2D eigenvalue weighted by atomic mass is 10.00. The number of carbonyl (C=O) groups is 2. The van der Waals surface area contributed by atoms with Gasteiger partial charge in [0.15, 0.2) is 5.13 Å². The number of amides is 1. The molecule has 0 radical (unpaired) electrons. The van der Waals surface area contributed by atoms with Crippen LogP contribution in [0.5, 0.6) is 5.75 Å². The van der Waals surface area contributed by atoms with Crippen LogP contribution in [-0.4, -0.2) is 58.2 Å². The molecule has 2 N–H and O–H groups in total. The lowest BCUT2D eigenvalue weighted by molar-refractivity contribution is -0.274. The maximum absolute atomic E-state index is 13.1. The van der Waals surface area contributed by atoms with E-state index in [1.165, 1.54) is 23.5 Å². The number of nitrogens with zero attached hydrogens (tertiary/aromatic N) is 3. The molecule has 3 aliphatic rings. The van der Waals surface area contributed by atoms with E-state index in [4.69, 9.17) is 19.4 Å². The van der Waals surface area contributed by atoms with Crippen molar-refractivity contribution in [1.82, 2.24) is 15.5 Å². The van der Waals surface area contributed by atoms with Gasteiger partial charge in [-0.25, -0.2) is 4.98 Å². The number of aliphatic carboxylic acids is 1. The molecule has 1 amide bonds. The van der Waals surface area contributed by atoms with E-state index in [9.17, 15) is 22.8 Å². The van der Waals surface area contributed by atoms with Crippen molar-refractivity contribution in [2.24, 2.45) is 0 Å². The van der Waals surface area contributed by atoms with Gasteiger partial charge >= 0.3 is 12.3 Å². The molecule has 10 nitrogen and oxygen atoms in total. The fourth-order valence-electron chi connectivity index (χ4n) is 6.41. The summed E-state index contributed by atoms with van der Waals surface area (Å²) in [5, 5.41) is 16.3. The number of carbonyl (C=O) groups excluding carboxylic acids is 1. The maximum atomic E-state index is 13.1. The molecular weight excluding hydrogens is 613 g/mol. The van der Waals surface area contributed by atoms with Crippen LogP contribution >= 0.6 is 11.3 Å². The fraction of sp³-hybridized carbons (Fsp3) is 0.419. The molecule has 1 saturated carbocycles. The van der Waals surface area contributed by atoms with E-state index in [1.807, 2.05) is 0 Å². The molecule has 236 valence electrons. The van der Waals surface area contributed by atoms with Crippen molar-refractivity contribution in [3.63, 3.8) is 0 Å². The number of piperidine rings is 1. The zero-order chi connectivity index (χ0) is 31.3. The quantitative estimate of drug-likeness (QED) is 0.206. The molecule has 14 heteroatoms.